The summed E-state index contributed by atoms with van der Waals surface area (Å²) in [4.78, 5) is 25.8. The molecule has 0 N–H and O–H groups in total. The molecule has 0 spiro atoms. The highest BCUT2D eigenvalue weighted by atomic mass is 32.2. The van der Waals surface area contributed by atoms with Crippen molar-refractivity contribution in [2.75, 3.05) is 33.4 Å². The van der Waals surface area contributed by atoms with Gasteiger partial charge in [0.1, 0.15) is 0 Å². The number of rotatable bonds is 8. The Morgan fingerprint density at radius 3 is 2.27 bits per heavy atom. The zero-order chi connectivity index (χ0) is 19.1. The second-order valence-corrected chi connectivity index (χ2v) is 8.22. The van der Waals surface area contributed by atoms with Gasteiger partial charge in [-0.05, 0) is 52.0 Å². The highest BCUT2D eigenvalue weighted by Gasteiger charge is 2.19. The molecule has 0 bridgehead atoms. The van der Waals surface area contributed by atoms with E-state index in [9.17, 15) is 4.79 Å². The topological polar surface area (TPSA) is 49.3 Å². The fraction of sp³-hybridized carbons (Fsp3) is 0.750. The maximum absolute atomic E-state index is 12.5. The number of carbonyl (C=O) groups is 1. The molecule has 0 unspecified atom stereocenters. The molecular formula is C20H34N4OS. The van der Waals surface area contributed by atoms with Gasteiger partial charge in [0.25, 0.3) is 0 Å². The lowest BCUT2D eigenvalue weighted by molar-refractivity contribution is -0.130. The summed E-state index contributed by atoms with van der Waals surface area (Å²) in [5.41, 5.74) is 3.10. The van der Waals surface area contributed by atoms with E-state index in [-0.39, 0.29) is 5.91 Å². The first-order chi connectivity index (χ1) is 12.4. The third kappa shape index (κ3) is 5.95. The SMILES string of the molecule is CSc1nc(C)c(CCC(=O)N(C)CCN(C)C2CCCCC2)c(C)n1. The molecule has 1 aromatic rings. The molecule has 1 amide bonds. The Labute approximate surface area is 163 Å². The smallest absolute Gasteiger partial charge is 0.222 e. The van der Waals surface area contributed by atoms with Crippen LogP contribution in [-0.4, -0.2) is 65.2 Å². The second-order valence-electron chi connectivity index (χ2n) is 7.45. The van der Waals surface area contributed by atoms with Crippen LogP contribution in [0, 0.1) is 13.8 Å². The number of nitrogens with zero attached hydrogens (tertiary/aromatic N) is 4. The highest BCUT2D eigenvalue weighted by molar-refractivity contribution is 7.98. The van der Waals surface area contributed by atoms with Crippen molar-refractivity contribution in [3.05, 3.63) is 17.0 Å². The molecule has 0 atom stereocenters. The number of hydrogen-bond donors (Lipinski definition) is 0. The predicted molar refractivity (Wildman–Crippen MR) is 109 cm³/mol. The lowest BCUT2D eigenvalue weighted by Crippen LogP contribution is -2.40. The molecule has 1 fully saturated rings. The van der Waals surface area contributed by atoms with Crippen LogP contribution in [0.25, 0.3) is 0 Å². The Bertz CT molecular complexity index is 578. The maximum Gasteiger partial charge on any atom is 0.222 e. The molecule has 6 heteroatoms. The number of carbonyl (C=O) groups excluding carboxylic acids is 1. The second kappa shape index (κ2) is 10.3. The fourth-order valence-electron chi connectivity index (χ4n) is 3.72. The van der Waals surface area contributed by atoms with Gasteiger partial charge in [0.15, 0.2) is 5.16 Å². The standard InChI is InChI=1S/C20H34N4OS/c1-15-18(16(2)22-20(21-15)26-5)11-12-19(25)24(4)14-13-23(3)17-9-7-6-8-10-17/h17H,6-14H2,1-5H3. The van der Waals surface area contributed by atoms with Crippen LogP contribution >= 0.6 is 11.8 Å². The third-order valence-corrected chi connectivity index (χ3v) is 6.13. The van der Waals surface area contributed by atoms with E-state index in [1.54, 1.807) is 11.8 Å². The third-order valence-electron chi connectivity index (χ3n) is 5.58. The predicted octanol–water partition coefficient (Wildman–Crippen LogP) is 3.47. The zero-order valence-electron chi connectivity index (χ0n) is 17.0. The van der Waals surface area contributed by atoms with E-state index in [0.717, 1.165) is 35.2 Å². The molecule has 1 aliphatic rings. The summed E-state index contributed by atoms with van der Waals surface area (Å²) in [5.74, 6) is 0.204. The van der Waals surface area contributed by atoms with E-state index in [2.05, 4.69) is 21.9 Å². The van der Waals surface area contributed by atoms with E-state index in [1.165, 1.54) is 32.1 Å². The molecule has 5 nitrogen and oxygen atoms in total. The number of aryl methyl sites for hydroxylation is 2. The Kier molecular flexibility index (Phi) is 8.35. The van der Waals surface area contributed by atoms with Gasteiger partial charge in [-0.15, -0.1) is 0 Å². The number of thioether (sulfide) groups is 1. The van der Waals surface area contributed by atoms with Gasteiger partial charge >= 0.3 is 0 Å². The number of hydrogen-bond acceptors (Lipinski definition) is 5. The highest BCUT2D eigenvalue weighted by Crippen LogP contribution is 2.21. The maximum atomic E-state index is 12.5. The summed E-state index contributed by atoms with van der Waals surface area (Å²) < 4.78 is 0. The molecule has 1 heterocycles. The molecule has 0 radical (unpaired) electrons. The van der Waals surface area contributed by atoms with Gasteiger partial charge in [0.05, 0.1) is 0 Å². The van der Waals surface area contributed by atoms with Gasteiger partial charge in [-0.2, -0.15) is 0 Å². The van der Waals surface area contributed by atoms with Crippen LogP contribution in [0.1, 0.15) is 55.5 Å². The van der Waals surface area contributed by atoms with Crippen LogP contribution in [0.5, 0.6) is 0 Å². The first-order valence-electron chi connectivity index (χ1n) is 9.74. The van der Waals surface area contributed by atoms with Crippen molar-refractivity contribution < 1.29 is 4.79 Å². The van der Waals surface area contributed by atoms with Crippen molar-refractivity contribution in [2.24, 2.45) is 0 Å². The summed E-state index contributed by atoms with van der Waals surface area (Å²) in [5, 5.41) is 0.804. The molecule has 146 valence electrons. The summed E-state index contributed by atoms with van der Waals surface area (Å²) in [7, 11) is 4.12. The van der Waals surface area contributed by atoms with Crippen LogP contribution in [0.15, 0.2) is 5.16 Å². The quantitative estimate of drug-likeness (QED) is 0.512. The first-order valence-corrected chi connectivity index (χ1v) is 11.0. The van der Waals surface area contributed by atoms with Crippen molar-refractivity contribution in [2.45, 2.75) is 70.0 Å². The normalized spacial score (nSPS) is 15.5. The summed E-state index contributed by atoms with van der Waals surface area (Å²) in [6, 6.07) is 0.699. The molecule has 1 saturated carbocycles. The Morgan fingerprint density at radius 2 is 1.69 bits per heavy atom. The molecule has 0 aliphatic heterocycles. The lowest BCUT2D eigenvalue weighted by atomic mass is 9.94. The molecule has 2 rings (SSSR count). The van der Waals surface area contributed by atoms with Crippen LogP contribution in [0.4, 0.5) is 0 Å². The largest absolute Gasteiger partial charge is 0.344 e. The fourth-order valence-corrected chi connectivity index (χ4v) is 4.18. The number of likely N-dealkylation sites (N-methyl/N-ethyl adjacent to an activating group) is 2. The molecule has 0 aromatic carbocycles. The van der Waals surface area contributed by atoms with Crippen molar-refractivity contribution in [1.29, 1.82) is 0 Å². The number of amides is 1. The summed E-state index contributed by atoms with van der Waals surface area (Å²) in [6.45, 7) is 5.77. The van der Waals surface area contributed by atoms with Crippen LogP contribution in [0.2, 0.25) is 0 Å². The van der Waals surface area contributed by atoms with Crippen molar-refractivity contribution in [3.63, 3.8) is 0 Å². The minimum absolute atomic E-state index is 0.204. The Hall–Kier alpha value is -1.14. The van der Waals surface area contributed by atoms with Gasteiger partial charge < -0.3 is 9.80 Å². The molecule has 1 aliphatic carbocycles. The van der Waals surface area contributed by atoms with Gasteiger partial charge in [-0.25, -0.2) is 9.97 Å². The number of aromatic nitrogens is 2. The first kappa shape index (κ1) is 21.2. The minimum Gasteiger partial charge on any atom is -0.344 e. The van der Waals surface area contributed by atoms with E-state index in [4.69, 9.17) is 0 Å². The van der Waals surface area contributed by atoms with Crippen LogP contribution in [0.3, 0.4) is 0 Å². The Morgan fingerprint density at radius 1 is 1.08 bits per heavy atom. The molecule has 0 saturated heterocycles. The van der Waals surface area contributed by atoms with Crippen LogP contribution in [-0.2, 0) is 11.2 Å². The van der Waals surface area contributed by atoms with E-state index in [1.807, 2.05) is 32.1 Å². The van der Waals surface area contributed by atoms with Crippen molar-refractivity contribution in [3.8, 4) is 0 Å². The zero-order valence-corrected chi connectivity index (χ0v) is 17.9. The summed E-state index contributed by atoms with van der Waals surface area (Å²) in [6.07, 6.45) is 9.90. The average molecular weight is 379 g/mol. The molecule has 1 aromatic heterocycles. The van der Waals surface area contributed by atoms with Gasteiger partial charge in [0.2, 0.25) is 5.91 Å². The molecule has 26 heavy (non-hydrogen) atoms. The van der Waals surface area contributed by atoms with Gasteiger partial charge in [-0.1, -0.05) is 31.0 Å². The van der Waals surface area contributed by atoms with Gasteiger partial charge in [0, 0.05) is 44.0 Å². The van der Waals surface area contributed by atoms with E-state index < -0.39 is 0 Å². The minimum atomic E-state index is 0.204. The lowest BCUT2D eigenvalue weighted by Gasteiger charge is -2.32. The van der Waals surface area contributed by atoms with E-state index in [0.29, 0.717) is 18.9 Å². The molecular weight excluding hydrogens is 344 g/mol. The summed E-state index contributed by atoms with van der Waals surface area (Å²) >= 11 is 1.55. The monoisotopic (exact) mass is 378 g/mol. The van der Waals surface area contributed by atoms with Crippen molar-refractivity contribution in [1.82, 2.24) is 19.8 Å². The van der Waals surface area contributed by atoms with Crippen LogP contribution < -0.4 is 0 Å². The average Bonchev–Trinajstić information content (AvgIpc) is 2.65. The Balaban J connectivity index is 1.80. The van der Waals surface area contributed by atoms with Crippen molar-refractivity contribution >= 4 is 17.7 Å². The van der Waals surface area contributed by atoms with Gasteiger partial charge in [-0.3, -0.25) is 4.79 Å². The van der Waals surface area contributed by atoms with E-state index >= 15 is 0 Å².